The average molecular weight is 364 g/mol. The van der Waals surface area contributed by atoms with Gasteiger partial charge in [0, 0.05) is 11.1 Å². The summed E-state index contributed by atoms with van der Waals surface area (Å²) in [6, 6.07) is 9.92. The number of fused-ring (bicyclic) bond motifs is 2. The second-order valence-corrected chi connectivity index (χ2v) is 8.41. The van der Waals surface area contributed by atoms with Crippen LogP contribution in [0.15, 0.2) is 30.3 Å². The highest BCUT2D eigenvalue weighted by atomic mass is 16.7. The van der Waals surface area contributed by atoms with E-state index in [0.29, 0.717) is 23.0 Å². The lowest BCUT2D eigenvalue weighted by molar-refractivity contribution is -0.127. The van der Waals surface area contributed by atoms with Crippen LogP contribution in [0, 0.1) is 0 Å². The second-order valence-electron chi connectivity index (χ2n) is 8.41. The molecule has 0 fully saturated rings. The van der Waals surface area contributed by atoms with Crippen molar-refractivity contribution in [3.8, 4) is 17.2 Å². The number of carbonyl (C=O) groups is 1. The Bertz CT molecular complexity index is 961. The third-order valence-electron chi connectivity index (χ3n) is 5.00. The maximum Gasteiger partial charge on any atom is 0.344 e. The van der Waals surface area contributed by atoms with Gasteiger partial charge in [-0.15, -0.1) is 0 Å². The zero-order chi connectivity index (χ0) is 19.3. The molecule has 4 heteroatoms. The van der Waals surface area contributed by atoms with Crippen LogP contribution in [0.2, 0.25) is 0 Å². The SMILES string of the molecule is CC(C)c1cc2c(c(C(C)(C)C)c1)OC(=O)/C2=C/c1ccc2c(c1)OCO2. The lowest BCUT2D eigenvalue weighted by atomic mass is 9.82. The number of ether oxygens (including phenoxy) is 3. The lowest BCUT2D eigenvalue weighted by Crippen LogP contribution is -2.14. The van der Waals surface area contributed by atoms with Crippen molar-refractivity contribution in [1.82, 2.24) is 0 Å². The molecule has 0 N–H and O–H groups in total. The monoisotopic (exact) mass is 364 g/mol. The van der Waals surface area contributed by atoms with Crippen molar-refractivity contribution in [3.05, 3.63) is 52.6 Å². The van der Waals surface area contributed by atoms with Crippen molar-refractivity contribution in [2.24, 2.45) is 0 Å². The Morgan fingerprint density at radius 3 is 2.48 bits per heavy atom. The molecule has 0 radical (unpaired) electrons. The largest absolute Gasteiger partial charge is 0.454 e. The zero-order valence-electron chi connectivity index (χ0n) is 16.4. The van der Waals surface area contributed by atoms with Gasteiger partial charge in [0.1, 0.15) is 5.75 Å². The Morgan fingerprint density at radius 1 is 1.04 bits per heavy atom. The van der Waals surface area contributed by atoms with Crippen molar-refractivity contribution >= 4 is 17.6 Å². The summed E-state index contributed by atoms with van der Waals surface area (Å²) in [5, 5.41) is 0. The van der Waals surface area contributed by atoms with Gasteiger partial charge in [-0.05, 0) is 46.7 Å². The molecule has 2 aliphatic rings. The fraction of sp³-hybridized carbons (Fsp3) is 0.348. The van der Waals surface area contributed by atoms with Gasteiger partial charge in [0.15, 0.2) is 11.5 Å². The molecule has 27 heavy (non-hydrogen) atoms. The number of esters is 1. The molecule has 0 amide bonds. The molecular formula is C23H24O4. The van der Waals surface area contributed by atoms with E-state index in [2.05, 4.69) is 46.8 Å². The molecule has 0 saturated heterocycles. The van der Waals surface area contributed by atoms with Gasteiger partial charge < -0.3 is 14.2 Å². The topological polar surface area (TPSA) is 44.8 Å². The first-order chi connectivity index (χ1) is 12.7. The minimum absolute atomic E-state index is 0.122. The van der Waals surface area contributed by atoms with Crippen LogP contribution in [0.4, 0.5) is 0 Å². The zero-order valence-corrected chi connectivity index (χ0v) is 16.4. The van der Waals surface area contributed by atoms with E-state index >= 15 is 0 Å². The van der Waals surface area contributed by atoms with Gasteiger partial charge in [0.05, 0.1) is 5.57 Å². The fourth-order valence-electron chi connectivity index (χ4n) is 3.42. The first kappa shape index (κ1) is 17.7. The van der Waals surface area contributed by atoms with Gasteiger partial charge in [-0.2, -0.15) is 0 Å². The molecule has 0 spiro atoms. The predicted molar refractivity (Wildman–Crippen MR) is 105 cm³/mol. The number of hydrogen-bond donors (Lipinski definition) is 0. The molecule has 0 unspecified atom stereocenters. The van der Waals surface area contributed by atoms with Crippen LogP contribution in [0.25, 0.3) is 11.6 Å². The third kappa shape index (κ3) is 3.09. The highest BCUT2D eigenvalue weighted by Crippen LogP contribution is 2.45. The molecular weight excluding hydrogens is 340 g/mol. The van der Waals surface area contributed by atoms with Crippen molar-refractivity contribution in [1.29, 1.82) is 0 Å². The van der Waals surface area contributed by atoms with Gasteiger partial charge >= 0.3 is 5.97 Å². The molecule has 0 atom stereocenters. The predicted octanol–water partition coefficient (Wildman–Crippen LogP) is 5.30. The standard InChI is InChI=1S/C23H24O4/c1-13(2)15-10-16-17(8-14-6-7-19-20(9-14)26-12-25-19)22(24)27-21(16)18(11-15)23(3,4)5/h6-11,13H,12H2,1-5H3/b17-8+. The number of rotatable bonds is 2. The summed E-state index contributed by atoms with van der Waals surface area (Å²) >= 11 is 0. The van der Waals surface area contributed by atoms with Gasteiger partial charge in [0.2, 0.25) is 6.79 Å². The second kappa shape index (κ2) is 6.15. The molecule has 4 rings (SSSR count). The Balaban J connectivity index is 1.86. The van der Waals surface area contributed by atoms with Crippen LogP contribution in [-0.4, -0.2) is 12.8 Å². The first-order valence-corrected chi connectivity index (χ1v) is 9.26. The minimum atomic E-state index is -0.311. The summed E-state index contributed by atoms with van der Waals surface area (Å²) in [4.78, 5) is 12.7. The van der Waals surface area contributed by atoms with Crippen molar-refractivity contribution < 1.29 is 19.0 Å². The summed E-state index contributed by atoms with van der Waals surface area (Å²) in [7, 11) is 0. The number of hydrogen-bond acceptors (Lipinski definition) is 4. The van der Waals surface area contributed by atoms with Gasteiger partial charge in [-0.25, -0.2) is 4.79 Å². The maximum absolute atomic E-state index is 12.7. The van der Waals surface area contributed by atoms with E-state index in [1.165, 1.54) is 5.56 Å². The van der Waals surface area contributed by atoms with Crippen molar-refractivity contribution in [3.63, 3.8) is 0 Å². The van der Waals surface area contributed by atoms with Crippen LogP contribution in [-0.2, 0) is 10.2 Å². The number of benzene rings is 2. The molecule has 4 nitrogen and oxygen atoms in total. The van der Waals surface area contributed by atoms with Crippen LogP contribution in [0.5, 0.6) is 17.2 Å². The normalized spacial score (nSPS) is 16.8. The molecule has 0 bridgehead atoms. The first-order valence-electron chi connectivity index (χ1n) is 9.26. The lowest BCUT2D eigenvalue weighted by Gasteiger charge is -2.23. The highest BCUT2D eigenvalue weighted by Gasteiger charge is 2.33. The van der Waals surface area contributed by atoms with E-state index in [4.69, 9.17) is 14.2 Å². The quantitative estimate of drug-likeness (QED) is 0.412. The Labute approximate surface area is 159 Å². The highest BCUT2D eigenvalue weighted by molar-refractivity contribution is 6.26. The molecule has 2 aromatic carbocycles. The molecule has 0 saturated carbocycles. The molecule has 2 aliphatic heterocycles. The third-order valence-corrected chi connectivity index (χ3v) is 5.00. The minimum Gasteiger partial charge on any atom is -0.454 e. The summed E-state index contributed by atoms with van der Waals surface area (Å²) < 4.78 is 16.5. The molecule has 0 aliphatic carbocycles. The fourth-order valence-corrected chi connectivity index (χ4v) is 3.42. The Hall–Kier alpha value is -2.75. The van der Waals surface area contributed by atoms with Crippen molar-refractivity contribution in [2.45, 2.75) is 46.0 Å². The van der Waals surface area contributed by atoms with E-state index in [0.717, 1.165) is 22.4 Å². The van der Waals surface area contributed by atoms with Crippen LogP contribution >= 0.6 is 0 Å². The molecule has 2 aromatic rings. The van der Waals surface area contributed by atoms with Gasteiger partial charge in [-0.3, -0.25) is 0 Å². The summed E-state index contributed by atoms with van der Waals surface area (Å²) in [6.45, 7) is 11.0. The molecule has 0 aromatic heterocycles. The van der Waals surface area contributed by atoms with E-state index < -0.39 is 0 Å². The van der Waals surface area contributed by atoms with Crippen LogP contribution in [0.3, 0.4) is 0 Å². The van der Waals surface area contributed by atoms with E-state index in [1.807, 2.05) is 24.3 Å². The summed E-state index contributed by atoms with van der Waals surface area (Å²) in [6.07, 6.45) is 1.87. The molecule has 140 valence electrons. The van der Waals surface area contributed by atoms with Gasteiger partial charge in [0.25, 0.3) is 0 Å². The Morgan fingerprint density at radius 2 is 1.78 bits per heavy atom. The van der Waals surface area contributed by atoms with Crippen LogP contribution in [0.1, 0.15) is 62.8 Å². The van der Waals surface area contributed by atoms with Crippen LogP contribution < -0.4 is 14.2 Å². The van der Waals surface area contributed by atoms with E-state index in [9.17, 15) is 4.79 Å². The molecule has 2 heterocycles. The average Bonchev–Trinajstić information content (AvgIpc) is 3.17. The smallest absolute Gasteiger partial charge is 0.344 e. The summed E-state index contributed by atoms with van der Waals surface area (Å²) in [5.41, 5.74) is 4.47. The van der Waals surface area contributed by atoms with Crippen molar-refractivity contribution in [2.75, 3.05) is 6.79 Å². The van der Waals surface area contributed by atoms with Gasteiger partial charge in [-0.1, -0.05) is 46.8 Å². The Kier molecular flexibility index (Phi) is 4.02. The number of carbonyl (C=O) groups excluding carboxylic acids is 1. The maximum atomic E-state index is 12.7. The summed E-state index contributed by atoms with van der Waals surface area (Å²) in [5.74, 6) is 2.16. The van der Waals surface area contributed by atoms with E-state index in [-0.39, 0.29) is 18.2 Å². The van der Waals surface area contributed by atoms with E-state index in [1.54, 1.807) is 0 Å².